The van der Waals surface area contributed by atoms with Gasteiger partial charge in [0.25, 0.3) is 0 Å². The number of allylic oxidation sites excluding steroid dienone is 2. The van der Waals surface area contributed by atoms with Crippen LogP contribution in [0.3, 0.4) is 0 Å². The lowest BCUT2D eigenvalue weighted by Gasteiger charge is -2.25. The summed E-state index contributed by atoms with van der Waals surface area (Å²) >= 11 is 0. The van der Waals surface area contributed by atoms with Crippen LogP contribution in [-0.4, -0.2) is 37.4 Å². The minimum absolute atomic E-state index is 0.00991. The van der Waals surface area contributed by atoms with E-state index >= 15 is 0 Å². The first-order chi connectivity index (χ1) is 7.63. The number of carbonyl (C=O) groups excluding carboxylic acids is 3. The number of carbonyl (C=O) groups is 3. The molecule has 0 saturated carbocycles. The van der Waals surface area contributed by atoms with Crippen LogP contribution in [0.15, 0.2) is 23.3 Å². The van der Waals surface area contributed by atoms with Gasteiger partial charge in [0, 0.05) is 17.6 Å². The Bertz CT molecular complexity index is 430. The van der Waals surface area contributed by atoms with E-state index < -0.39 is 12.1 Å². The van der Waals surface area contributed by atoms with Crippen molar-refractivity contribution in [3.05, 3.63) is 23.3 Å². The Hall–Kier alpha value is -1.75. The van der Waals surface area contributed by atoms with Crippen molar-refractivity contribution in [1.82, 2.24) is 0 Å². The Labute approximate surface area is 91.7 Å². The maximum Gasteiger partial charge on any atom is 0.335 e. The molecule has 0 aromatic rings. The van der Waals surface area contributed by atoms with E-state index in [2.05, 4.69) is 4.74 Å². The molecule has 0 bridgehead atoms. The number of esters is 1. The van der Waals surface area contributed by atoms with Crippen molar-refractivity contribution in [2.45, 2.75) is 12.5 Å². The average Bonchev–Trinajstić information content (AvgIpc) is 2.32. The molecule has 1 heterocycles. The van der Waals surface area contributed by atoms with E-state index in [-0.39, 0.29) is 24.6 Å². The van der Waals surface area contributed by atoms with Gasteiger partial charge >= 0.3 is 5.97 Å². The molecule has 0 fully saturated rings. The molecule has 2 rings (SSSR count). The van der Waals surface area contributed by atoms with Gasteiger partial charge in [-0.2, -0.15) is 0 Å². The topological polar surface area (TPSA) is 69.7 Å². The van der Waals surface area contributed by atoms with Crippen LogP contribution in [0.5, 0.6) is 0 Å². The predicted molar refractivity (Wildman–Crippen MR) is 52.6 cm³/mol. The van der Waals surface area contributed by atoms with E-state index in [1.54, 1.807) is 0 Å². The van der Waals surface area contributed by atoms with Gasteiger partial charge in [-0.25, -0.2) is 4.79 Å². The lowest BCUT2D eigenvalue weighted by atomic mass is 9.89. The van der Waals surface area contributed by atoms with Gasteiger partial charge in [0.05, 0.1) is 13.7 Å². The number of hydrogen-bond acceptors (Lipinski definition) is 5. The maximum absolute atomic E-state index is 11.5. The molecule has 0 spiro atoms. The standard InChI is InChI=1S/C11H10O5/c1-15-11(14)10-4-6-7(5-16-10)9(13)3-2-8(6)12/h2-3,10H,4-5H2,1H3. The van der Waals surface area contributed by atoms with E-state index in [0.717, 1.165) is 0 Å². The van der Waals surface area contributed by atoms with Crippen molar-refractivity contribution >= 4 is 17.5 Å². The predicted octanol–water partition coefficient (Wildman–Crippen LogP) is -0.0471. The van der Waals surface area contributed by atoms with E-state index in [1.165, 1.54) is 19.3 Å². The molecule has 84 valence electrons. The summed E-state index contributed by atoms with van der Waals surface area (Å²) in [7, 11) is 1.25. The molecule has 5 heteroatoms. The Morgan fingerprint density at radius 2 is 1.94 bits per heavy atom. The monoisotopic (exact) mass is 222 g/mol. The third kappa shape index (κ3) is 1.69. The second kappa shape index (κ2) is 4.02. The summed E-state index contributed by atoms with van der Waals surface area (Å²) in [5, 5.41) is 0. The van der Waals surface area contributed by atoms with Gasteiger partial charge in [-0.15, -0.1) is 0 Å². The van der Waals surface area contributed by atoms with Gasteiger partial charge in [-0.1, -0.05) is 0 Å². The van der Waals surface area contributed by atoms with Gasteiger partial charge < -0.3 is 9.47 Å². The Kier molecular flexibility index (Phi) is 2.70. The third-order valence-corrected chi connectivity index (χ3v) is 2.63. The van der Waals surface area contributed by atoms with Crippen molar-refractivity contribution in [3.63, 3.8) is 0 Å². The van der Waals surface area contributed by atoms with Crippen molar-refractivity contribution in [2.75, 3.05) is 13.7 Å². The number of hydrogen-bond donors (Lipinski definition) is 0. The molecule has 1 aliphatic carbocycles. The van der Waals surface area contributed by atoms with Gasteiger partial charge in [0.1, 0.15) is 0 Å². The first-order valence-corrected chi connectivity index (χ1v) is 4.81. The van der Waals surface area contributed by atoms with Crippen LogP contribution in [-0.2, 0) is 23.9 Å². The van der Waals surface area contributed by atoms with Gasteiger partial charge in [-0.3, -0.25) is 9.59 Å². The number of ketones is 2. The van der Waals surface area contributed by atoms with Crippen molar-refractivity contribution in [3.8, 4) is 0 Å². The molecule has 0 aromatic carbocycles. The molecule has 16 heavy (non-hydrogen) atoms. The van der Waals surface area contributed by atoms with Crippen LogP contribution in [0.25, 0.3) is 0 Å². The average molecular weight is 222 g/mol. The number of ether oxygens (including phenoxy) is 2. The minimum Gasteiger partial charge on any atom is -0.467 e. The normalized spacial score (nSPS) is 24.4. The SMILES string of the molecule is COC(=O)C1CC2=C(CO1)C(=O)C=CC2=O. The molecule has 1 atom stereocenters. The molecule has 1 unspecified atom stereocenters. The van der Waals surface area contributed by atoms with E-state index in [1.807, 2.05) is 0 Å². The van der Waals surface area contributed by atoms with Crippen LogP contribution in [0.4, 0.5) is 0 Å². The molecule has 0 N–H and O–H groups in total. The first kappa shape index (κ1) is 10.8. The van der Waals surface area contributed by atoms with Crippen molar-refractivity contribution in [2.24, 2.45) is 0 Å². The highest BCUT2D eigenvalue weighted by Crippen LogP contribution is 2.26. The fourth-order valence-electron chi connectivity index (χ4n) is 1.74. The molecular weight excluding hydrogens is 212 g/mol. The van der Waals surface area contributed by atoms with Crippen LogP contribution >= 0.6 is 0 Å². The third-order valence-electron chi connectivity index (χ3n) is 2.63. The molecule has 0 radical (unpaired) electrons. The fourth-order valence-corrected chi connectivity index (χ4v) is 1.74. The molecular formula is C11H10O5. The van der Waals surface area contributed by atoms with Crippen LogP contribution in [0.2, 0.25) is 0 Å². The first-order valence-electron chi connectivity index (χ1n) is 4.81. The zero-order valence-corrected chi connectivity index (χ0v) is 8.69. The van der Waals surface area contributed by atoms with Crippen LogP contribution < -0.4 is 0 Å². The summed E-state index contributed by atoms with van der Waals surface area (Å²) in [6.07, 6.45) is 1.77. The van der Waals surface area contributed by atoms with E-state index in [4.69, 9.17) is 4.74 Å². The highest BCUT2D eigenvalue weighted by Gasteiger charge is 2.33. The Balaban J connectivity index is 2.25. The van der Waals surface area contributed by atoms with Crippen molar-refractivity contribution in [1.29, 1.82) is 0 Å². The summed E-state index contributed by atoms with van der Waals surface area (Å²) in [6, 6.07) is 0. The zero-order valence-electron chi connectivity index (χ0n) is 8.69. The smallest absolute Gasteiger partial charge is 0.335 e. The van der Waals surface area contributed by atoms with Gasteiger partial charge in [0.15, 0.2) is 17.7 Å². The van der Waals surface area contributed by atoms with Gasteiger partial charge in [0.2, 0.25) is 0 Å². The quantitative estimate of drug-likeness (QED) is 0.459. The number of rotatable bonds is 1. The largest absolute Gasteiger partial charge is 0.467 e. The lowest BCUT2D eigenvalue weighted by molar-refractivity contribution is -0.154. The molecule has 1 aliphatic heterocycles. The van der Waals surface area contributed by atoms with E-state index in [9.17, 15) is 14.4 Å². The van der Waals surface area contributed by atoms with Crippen molar-refractivity contribution < 1.29 is 23.9 Å². The highest BCUT2D eigenvalue weighted by molar-refractivity contribution is 6.20. The summed E-state index contributed by atoms with van der Waals surface area (Å²) in [5.41, 5.74) is 0.724. The summed E-state index contributed by atoms with van der Waals surface area (Å²) in [5.74, 6) is -0.980. The molecule has 5 nitrogen and oxygen atoms in total. The highest BCUT2D eigenvalue weighted by atomic mass is 16.6. The Morgan fingerprint density at radius 1 is 1.31 bits per heavy atom. The second-order valence-electron chi connectivity index (χ2n) is 3.55. The Morgan fingerprint density at radius 3 is 2.56 bits per heavy atom. The molecule has 0 aromatic heterocycles. The van der Waals surface area contributed by atoms with Gasteiger partial charge in [-0.05, 0) is 12.2 Å². The van der Waals surface area contributed by atoms with E-state index in [0.29, 0.717) is 11.1 Å². The van der Waals surface area contributed by atoms with Crippen LogP contribution in [0.1, 0.15) is 6.42 Å². The molecule has 2 aliphatic rings. The summed E-state index contributed by atoms with van der Waals surface area (Å²) < 4.78 is 9.71. The summed E-state index contributed by atoms with van der Waals surface area (Å²) in [6.45, 7) is -0.00991. The zero-order chi connectivity index (χ0) is 11.7. The lowest BCUT2D eigenvalue weighted by Crippen LogP contribution is -2.35. The molecule has 0 amide bonds. The maximum atomic E-state index is 11.5. The second-order valence-corrected chi connectivity index (χ2v) is 3.55. The number of methoxy groups -OCH3 is 1. The fraction of sp³-hybridized carbons (Fsp3) is 0.364. The van der Waals surface area contributed by atoms with Crippen LogP contribution in [0, 0.1) is 0 Å². The summed E-state index contributed by atoms with van der Waals surface area (Å²) in [4.78, 5) is 34.2. The molecule has 0 saturated heterocycles. The minimum atomic E-state index is -0.785.